The summed E-state index contributed by atoms with van der Waals surface area (Å²) < 4.78 is 14.6. The highest BCUT2D eigenvalue weighted by atomic mass is 32.1. The second kappa shape index (κ2) is 11.7. The van der Waals surface area contributed by atoms with Gasteiger partial charge in [0.15, 0.2) is 4.80 Å². The fourth-order valence-electron chi connectivity index (χ4n) is 5.18. The summed E-state index contributed by atoms with van der Waals surface area (Å²) in [6, 6.07) is 24.7. The highest BCUT2D eigenvalue weighted by Crippen LogP contribution is 2.32. The van der Waals surface area contributed by atoms with Gasteiger partial charge in [-0.25, -0.2) is 14.5 Å². The Morgan fingerprint density at radius 2 is 1.72 bits per heavy atom. The molecule has 3 heterocycles. The number of methoxy groups -OCH3 is 1. The number of ether oxygens (including phenoxy) is 2. The predicted molar refractivity (Wildman–Crippen MR) is 167 cm³/mol. The molecule has 6 rings (SSSR count). The van der Waals surface area contributed by atoms with Gasteiger partial charge in [0.2, 0.25) is 0 Å². The van der Waals surface area contributed by atoms with Crippen LogP contribution in [-0.4, -0.2) is 34.0 Å². The van der Waals surface area contributed by atoms with E-state index in [1.165, 1.54) is 11.3 Å². The zero-order valence-electron chi connectivity index (χ0n) is 24.3. The predicted octanol–water partition coefficient (Wildman–Crippen LogP) is 4.97. The maximum absolute atomic E-state index is 14.2. The van der Waals surface area contributed by atoms with Crippen LogP contribution in [0.2, 0.25) is 0 Å². The number of aryl methyl sites for hydroxylation is 1. The van der Waals surface area contributed by atoms with Crippen molar-refractivity contribution in [1.29, 1.82) is 0 Å². The van der Waals surface area contributed by atoms with Gasteiger partial charge in [0.05, 0.1) is 46.9 Å². The van der Waals surface area contributed by atoms with Crippen LogP contribution in [0.15, 0.2) is 106 Å². The summed E-state index contributed by atoms with van der Waals surface area (Å²) in [5.41, 5.74) is 5.90. The minimum atomic E-state index is -0.702. The van der Waals surface area contributed by atoms with Gasteiger partial charge in [-0.3, -0.25) is 9.36 Å². The number of rotatable bonds is 7. The normalized spacial score (nSPS) is 14.8. The van der Waals surface area contributed by atoms with Gasteiger partial charge in [-0.05, 0) is 56.7 Å². The maximum Gasteiger partial charge on any atom is 0.338 e. The molecule has 0 fully saturated rings. The van der Waals surface area contributed by atoms with E-state index < -0.39 is 12.0 Å². The van der Waals surface area contributed by atoms with Gasteiger partial charge in [-0.2, -0.15) is 5.10 Å². The molecule has 216 valence electrons. The Labute approximate surface area is 252 Å². The molecule has 0 N–H and O–H groups in total. The fraction of sp³-hybridized carbons (Fsp3) is 0.176. The molecule has 5 aromatic rings. The van der Waals surface area contributed by atoms with Crippen molar-refractivity contribution >= 4 is 23.4 Å². The molecule has 8 nitrogen and oxygen atoms in total. The van der Waals surface area contributed by atoms with Crippen LogP contribution in [-0.2, 0) is 9.53 Å². The molecule has 0 amide bonds. The van der Waals surface area contributed by atoms with Crippen molar-refractivity contribution in [3.63, 3.8) is 0 Å². The number of benzene rings is 3. The summed E-state index contributed by atoms with van der Waals surface area (Å²) in [5, 5.41) is 4.91. The van der Waals surface area contributed by atoms with Gasteiger partial charge in [0.25, 0.3) is 5.56 Å². The minimum absolute atomic E-state index is 0.211. The molecule has 9 heteroatoms. The first-order chi connectivity index (χ1) is 20.9. The number of para-hydroxylation sites is 1. The van der Waals surface area contributed by atoms with E-state index in [0.29, 0.717) is 26.4 Å². The van der Waals surface area contributed by atoms with Crippen LogP contribution in [0, 0.1) is 6.92 Å². The lowest BCUT2D eigenvalue weighted by Gasteiger charge is -2.24. The van der Waals surface area contributed by atoms with Crippen molar-refractivity contribution in [2.45, 2.75) is 26.8 Å². The third-order valence-corrected chi connectivity index (χ3v) is 8.31. The number of nitrogens with zero attached hydrogens (tertiary/aromatic N) is 4. The van der Waals surface area contributed by atoms with Gasteiger partial charge < -0.3 is 9.47 Å². The van der Waals surface area contributed by atoms with E-state index in [0.717, 1.165) is 33.6 Å². The van der Waals surface area contributed by atoms with Crippen molar-refractivity contribution in [3.8, 4) is 22.7 Å². The van der Waals surface area contributed by atoms with Crippen molar-refractivity contribution in [2.75, 3.05) is 13.7 Å². The quantitative estimate of drug-likeness (QED) is 0.250. The molecule has 0 saturated carbocycles. The molecular weight excluding hydrogens is 560 g/mol. The number of esters is 1. The zero-order valence-corrected chi connectivity index (χ0v) is 25.1. The van der Waals surface area contributed by atoms with Crippen molar-refractivity contribution in [2.24, 2.45) is 4.99 Å². The molecule has 1 aliphatic rings. The SMILES string of the molecule is CCOC(=O)C1=C(C)N=c2s/c(=C/c3cn(-c4ccccc4)nc3-c3ccc(C)cc3)c(=O)n2[C@@H]1c1ccc(OC)cc1. The lowest BCUT2D eigenvalue weighted by molar-refractivity contribution is -0.139. The van der Waals surface area contributed by atoms with Crippen molar-refractivity contribution in [1.82, 2.24) is 14.3 Å². The number of hydrogen-bond donors (Lipinski definition) is 0. The van der Waals surface area contributed by atoms with E-state index in [-0.39, 0.29) is 12.2 Å². The highest BCUT2D eigenvalue weighted by Gasteiger charge is 2.33. The Morgan fingerprint density at radius 1 is 1.00 bits per heavy atom. The molecule has 1 aliphatic heterocycles. The molecular formula is C34H30N4O4S. The molecule has 43 heavy (non-hydrogen) atoms. The van der Waals surface area contributed by atoms with Crippen molar-refractivity contribution < 1.29 is 14.3 Å². The van der Waals surface area contributed by atoms with Crippen LogP contribution >= 0.6 is 11.3 Å². The molecule has 0 bridgehead atoms. The summed E-state index contributed by atoms with van der Waals surface area (Å²) in [7, 11) is 1.59. The first-order valence-corrected chi connectivity index (χ1v) is 14.8. The van der Waals surface area contributed by atoms with E-state index in [9.17, 15) is 9.59 Å². The Balaban J connectivity index is 1.55. The molecule has 0 saturated heterocycles. The third-order valence-electron chi connectivity index (χ3n) is 7.32. The molecule has 0 aliphatic carbocycles. The van der Waals surface area contributed by atoms with E-state index in [1.807, 2.05) is 103 Å². The minimum Gasteiger partial charge on any atom is -0.497 e. The lowest BCUT2D eigenvalue weighted by Crippen LogP contribution is -2.39. The Bertz CT molecular complexity index is 2020. The van der Waals surface area contributed by atoms with Gasteiger partial charge >= 0.3 is 5.97 Å². The Hall–Kier alpha value is -5.02. The number of carbonyl (C=O) groups is 1. The van der Waals surface area contributed by atoms with Crippen LogP contribution in [0.3, 0.4) is 0 Å². The van der Waals surface area contributed by atoms with E-state index in [4.69, 9.17) is 19.6 Å². The van der Waals surface area contributed by atoms with E-state index in [2.05, 4.69) is 0 Å². The number of thiazole rings is 1. The zero-order chi connectivity index (χ0) is 30.1. The van der Waals surface area contributed by atoms with Crippen LogP contribution in [0.1, 0.15) is 36.6 Å². The van der Waals surface area contributed by atoms with Crippen LogP contribution in [0.25, 0.3) is 23.0 Å². The monoisotopic (exact) mass is 590 g/mol. The third kappa shape index (κ3) is 5.35. The largest absolute Gasteiger partial charge is 0.497 e. The van der Waals surface area contributed by atoms with Gasteiger partial charge in [0.1, 0.15) is 5.75 Å². The molecule has 0 spiro atoms. The fourth-order valence-corrected chi connectivity index (χ4v) is 6.21. The molecule has 1 atom stereocenters. The van der Waals surface area contributed by atoms with E-state index in [1.54, 1.807) is 25.5 Å². The summed E-state index contributed by atoms with van der Waals surface area (Å²) in [5.74, 6) is 0.179. The number of fused-ring (bicyclic) bond motifs is 1. The second-order valence-electron chi connectivity index (χ2n) is 10.2. The maximum atomic E-state index is 14.2. The Kier molecular flexibility index (Phi) is 7.65. The van der Waals surface area contributed by atoms with Gasteiger partial charge in [0, 0.05) is 17.3 Å². The van der Waals surface area contributed by atoms with Crippen LogP contribution in [0.4, 0.5) is 0 Å². The summed E-state index contributed by atoms with van der Waals surface area (Å²) >= 11 is 1.29. The standard InChI is InChI=1S/C34H30N4O4S/c1-5-42-33(40)29-22(3)35-34-38(31(29)24-15-17-27(41-4)18-16-24)32(39)28(43-34)19-25-20-37(26-9-7-6-8-10-26)36-30(25)23-13-11-21(2)12-14-23/h6-20,31H,5H2,1-4H3/b28-19+/t31-/m1/s1. The van der Waals surface area contributed by atoms with Crippen LogP contribution < -0.4 is 19.6 Å². The van der Waals surface area contributed by atoms with Gasteiger partial charge in [-0.15, -0.1) is 0 Å². The summed E-state index contributed by atoms with van der Waals surface area (Å²) in [4.78, 5) is 32.6. The van der Waals surface area contributed by atoms with Gasteiger partial charge in [-0.1, -0.05) is 71.5 Å². The average Bonchev–Trinajstić information content (AvgIpc) is 3.58. The first-order valence-electron chi connectivity index (χ1n) is 13.9. The average molecular weight is 591 g/mol. The smallest absolute Gasteiger partial charge is 0.338 e. The Morgan fingerprint density at radius 3 is 2.40 bits per heavy atom. The highest BCUT2D eigenvalue weighted by molar-refractivity contribution is 7.07. The molecule has 3 aromatic carbocycles. The lowest BCUT2D eigenvalue weighted by atomic mass is 9.96. The summed E-state index contributed by atoms with van der Waals surface area (Å²) in [6.07, 6.45) is 3.79. The van der Waals surface area contributed by atoms with Crippen LogP contribution in [0.5, 0.6) is 5.75 Å². The summed E-state index contributed by atoms with van der Waals surface area (Å²) in [6.45, 7) is 5.79. The molecule has 2 aromatic heterocycles. The van der Waals surface area contributed by atoms with E-state index >= 15 is 0 Å². The number of allylic oxidation sites excluding steroid dienone is 1. The topological polar surface area (TPSA) is 87.7 Å². The molecule has 0 unspecified atom stereocenters. The molecule has 0 radical (unpaired) electrons. The second-order valence-corrected chi connectivity index (χ2v) is 11.2. The number of hydrogen-bond acceptors (Lipinski definition) is 7. The number of aromatic nitrogens is 3. The van der Waals surface area contributed by atoms with Crippen molar-refractivity contribution in [3.05, 3.63) is 133 Å². The first kappa shape index (κ1) is 28.1. The number of carbonyl (C=O) groups excluding carboxylic acids is 1.